The lowest BCUT2D eigenvalue weighted by Crippen LogP contribution is -2.44. The first-order valence-electron chi connectivity index (χ1n) is 13.9. The molecular formula is C30H40O16S4. The van der Waals surface area contributed by atoms with Crippen LogP contribution < -0.4 is 0 Å². The molecule has 0 saturated carbocycles. The van der Waals surface area contributed by atoms with Crippen molar-refractivity contribution in [2.24, 2.45) is 10.8 Å². The van der Waals surface area contributed by atoms with Crippen molar-refractivity contribution in [3.8, 4) is 0 Å². The van der Waals surface area contributed by atoms with Gasteiger partial charge in [0.15, 0.2) is 0 Å². The molecule has 20 heteroatoms. The summed E-state index contributed by atoms with van der Waals surface area (Å²) in [7, 11) is 0. The molecular weight excluding hydrogens is 745 g/mol. The molecule has 0 fully saturated rings. The maximum absolute atomic E-state index is 11.4. The molecule has 0 bridgehead atoms. The molecule has 0 heterocycles. The molecule has 0 aromatic carbocycles. The van der Waals surface area contributed by atoms with Gasteiger partial charge in [0, 0.05) is 24.3 Å². The van der Waals surface area contributed by atoms with E-state index in [0.29, 0.717) is 0 Å². The summed E-state index contributed by atoms with van der Waals surface area (Å²) in [6, 6.07) is 0. The molecule has 0 aromatic heterocycles. The molecule has 0 radical (unpaired) electrons. The van der Waals surface area contributed by atoms with Crippen molar-refractivity contribution in [3.63, 3.8) is 0 Å². The van der Waals surface area contributed by atoms with E-state index in [1.165, 1.54) is 0 Å². The zero-order valence-corrected chi connectivity index (χ0v) is 30.5. The van der Waals surface area contributed by atoms with Crippen molar-refractivity contribution in [3.05, 3.63) is 50.6 Å². The zero-order valence-electron chi connectivity index (χ0n) is 26.9. The van der Waals surface area contributed by atoms with E-state index in [9.17, 15) is 38.4 Å². The van der Waals surface area contributed by atoms with Crippen LogP contribution in [0.15, 0.2) is 50.6 Å². The number of hydrogen-bond donors (Lipinski definition) is 4. The number of rotatable bonds is 24. The molecule has 280 valence electrons. The highest BCUT2D eigenvalue weighted by Crippen LogP contribution is 2.23. The number of thiol groups is 4. The Morgan fingerprint density at radius 2 is 0.520 bits per heavy atom. The molecule has 0 aliphatic rings. The van der Waals surface area contributed by atoms with E-state index >= 15 is 0 Å². The SMILES string of the molecule is C=CC(=O)OCC(COC(=O)C=C)(COC(=O)C=C)COC(=O)C=C.O=C(CS)OCC(COC(=O)CS)(COC(=O)CS)COC(=O)CS. The van der Waals surface area contributed by atoms with Gasteiger partial charge >= 0.3 is 47.8 Å². The van der Waals surface area contributed by atoms with Gasteiger partial charge in [0.1, 0.15) is 63.7 Å². The first kappa shape index (κ1) is 48.2. The summed E-state index contributed by atoms with van der Waals surface area (Å²) in [5.74, 6) is -6.34. The van der Waals surface area contributed by atoms with Crippen LogP contribution in [0.5, 0.6) is 0 Å². The van der Waals surface area contributed by atoms with Crippen LogP contribution in [0.3, 0.4) is 0 Å². The van der Waals surface area contributed by atoms with Gasteiger partial charge in [-0.1, -0.05) is 26.3 Å². The van der Waals surface area contributed by atoms with E-state index in [2.05, 4.69) is 76.8 Å². The van der Waals surface area contributed by atoms with Gasteiger partial charge in [0.25, 0.3) is 0 Å². The van der Waals surface area contributed by atoms with Crippen molar-refractivity contribution < 1.29 is 76.3 Å². The predicted octanol–water partition coefficient (Wildman–Crippen LogP) is 0.754. The maximum atomic E-state index is 11.4. The summed E-state index contributed by atoms with van der Waals surface area (Å²) >= 11 is 15.1. The van der Waals surface area contributed by atoms with Crippen molar-refractivity contribution in [1.82, 2.24) is 0 Å². The predicted molar refractivity (Wildman–Crippen MR) is 189 cm³/mol. The fourth-order valence-electron chi connectivity index (χ4n) is 2.75. The number of carbonyl (C=O) groups is 8. The Kier molecular flexibility index (Phi) is 26.9. The summed E-state index contributed by atoms with van der Waals surface area (Å²) in [6.45, 7) is 10.2. The molecule has 0 saturated heterocycles. The Labute approximate surface area is 310 Å². The van der Waals surface area contributed by atoms with Crippen molar-refractivity contribution in [1.29, 1.82) is 0 Å². The molecule has 0 rings (SSSR count). The molecule has 50 heavy (non-hydrogen) atoms. The van der Waals surface area contributed by atoms with E-state index in [1.54, 1.807) is 0 Å². The minimum Gasteiger partial charge on any atom is -0.464 e. The second-order valence-corrected chi connectivity index (χ2v) is 10.8. The molecule has 0 unspecified atom stereocenters. The molecule has 16 nitrogen and oxygen atoms in total. The third-order valence-electron chi connectivity index (χ3n) is 5.42. The number of carbonyl (C=O) groups excluding carboxylic acids is 8. The smallest absolute Gasteiger partial charge is 0.330 e. The van der Waals surface area contributed by atoms with Crippen molar-refractivity contribution in [2.45, 2.75) is 0 Å². The maximum Gasteiger partial charge on any atom is 0.330 e. The van der Waals surface area contributed by atoms with Gasteiger partial charge < -0.3 is 37.9 Å². The fraction of sp³-hybridized carbons (Fsp3) is 0.467. The number of hydrogen-bond acceptors (Lipinski definition) is 20. The largest absolute Gasteiger partial charge is 0.464 e. The van der Waals surface area contributed by atoms with Gasteiger partial charge in [-0.15, -0.1) is 0 Å². The molecule has 0 aliphatic carbocycles. The van der Waals surface area contributed by atoms with Gasteiger partial charge in [0.2, 0.25) is 0 Å². The Morgan fingerprint density at radius 1 is 0.360 bits per heavy atom. The van der Waals surface area contributed by atoms with E-state index in [-0.39, 0.29) is 75.9 Å². The molecule has 0 atom stereocenters. The van der Waals surface area contributed by atoms with Gasteiger partial charge in [-0.25, -0.2) is 19.2 Å². The molecule has 0 spiro atoms. The average Bonchev–Trinajstić information content (AvgIpc) is 3.15. The Bertz CT molecular complexity index is 1030. The van der Waals surface area contributed by atoms with Crippen LogP contribution in [-0.4, -0.2) is 124 Å². The first-order chi connectivity index (χ1) is 23.6. The molecule has 0 N–H and O–H groups in total. The van der Waals surface area contributed by atoms with Gasteiger partial charge in [0.05, 0.1) is 23.0 Å². The highest BCUT2D eigenvalue weighted by atomic mass is 32.1. The summed E-state index contributed by atoms with van der Waals surface area (Å²) in [4.78, 5) is 90.8. The lowest BCUT2D eigenvalue weighted by Gasteiger charge is -2.31. The fourth-order valence-corrected chi connectivity index (χ4v) is 3.11. The quantitative estimate of drug-likeness (QED) is 0.0461. The van der Waals surface area contributed by atoms with E-state index in [1.807, 2.05) is 0 Å². The summed E-state index contributed by atoms with van der Waals surface area (Å²) in [6.07, 6.45) is 3.69. The van der Waals surface area contributed by atoms with Crippen molar-refractivity contribution >= 4 is 98.3 Å². The van der Waals surface area contributed by atoms with Gasteiger partial charge in [-0.05, 0) is 0 Å². The van der Waals surface area contributed by atoms with Crippen LogP contribution in [0, 0.1) is 10.8 Å². The van der Waals surface area contributed by atoms with Crippen LogP contribution in [-0.2, 0) is 76.3 Å². The van der Waals surface area contributed by atoms with Gasteiger partial charge in [-0.2, -0.15) is 50.5 Å². The summed E-state index contributed by atoms with van der Waals surface area (Å²) < 4.78 is 39.8. The summed E-state index contributed by atoms with van der Waals surface area (Å²) in [5.41, 5.74) is -2.62. The molecule has 0 amide bonds. The van der Waals surface area contributed by atoms with Crippen LogP contribution in [0.25, 0.3) is 0 Å². The Hall–Kier alpha value is -3.88. The first-order valence-corrected chi connectivity index (χ1v) is 16.4. The topological polar surface area (TPSA) is 210 Å². The van der Waals surface area contributed by atoms with Crippen LogP contribution in [0.2, 0.25) is 0 Å². The van der Waals surface area contributed by atoms with Crippen molar-refractivity contribution in [2.75, 3.05) is 75.9 Å². The second kappa shape index (κ2) is 27.9. The minimum absolute atomic E-state index is 0.181. The van der Waals surface area contributed by atoms with Crippen LogP contribution in [0.1, 0.15) is 0 Å². The second-order valence-electron chi connectivity index (χ2n) is 9.52. The minimum atomic E-state index is -1.34. The highest BCUT2D eigenvalue weighted by molar-refractivity contribution is 7.81. The third kappa shape index (κ3) is 22.7. The zero-order chi connectivity index (χ0) is 38.6. The van der Waals surface area contributed by atoms with Crippen LogP contribution in [0.4, 0.5) is 0 Å². The lowest BCUT2D eigenvalue weighted by molar-refractivity contribution is -0.169. The number of ether oxygens (including phenoxy) is 8. The van der Waals surface area contributed by atoms with Crippen LogP contribution >= 0.6 is 50.5 Å². The standard InChI is InChI=1S/C17H20O8.C13H20O8S4/c1-5-13(18)22-9-17(10-23-14(19)6-2,11-24-15(20)7-3)12-25-16(21)8-4;14-9(1-22)18-5-13(6-19-10(15)2-23,7-20-11(16)3-24)8-21-12(17)4-25/h5-8H,1-4,9-12H2;22-25H,1-8H2. The highest BCUT2D eigenvalue weighted by Gasteiger charge is 2.38. The van der Waals surface area contributed by atoms with E-state index < -0.39 is 58.6 Å². The molecule has 0 aliphatic heterocycles. The monoisotopic (exact) mass is 784 g/mol. The van der Waals surface area contributed by atoms with E-state index in [0.717, 1.165) is 24.3 Å². The average molecular weight is 785 g/mol. The third-order valence-corrected chi connectivity index (χ3v) is 6.46. The molecule has 0 aromatic rings. The van der Waals surface area contributed by atoms with Gasteiger partial charge in [-0.3, -0.25) is 19.2 Å². The number of esters is 8. The Morgan fingerprint density at radius 3 is 0.660 bits per heavy atom. The Balaban J connectivity index is 0. The normalized spacial score (nSPS) is 10.3. The van der Waals surface area contributed by atoms with E-state index in [4.69, 9.17) is 37.9 Å². The lowest BCUT2D eigenvalue weighted by atomic mass is 9.92. The summed E-state index contributed by atoms with van der Waals surface area (Å²) in [5, 5.41) is 0.